The van der Waals surface area contributed by atoms with Crippen LogP contribution < -0.4 is 0 Å². The summed E-state index contributed by atoms with van der Waals surface area (Å²) in [4.78, 5) is 3.71. The van der Waals surface area contributed by atoms with Crippen molar-refractivity contribution in [3.05, 3.63) is 181 Å². The Balaban J connectivity index is 1.01. The molecule has 58 heavy (non-hydrogen) atoms. The fourth-order valence-electron chi connectivity index (χ4n) is 9.46. The van der Waals surface area contributed by atoms with Crippen LogP contribution in [-0.2, 0) is 6.42 Å². The molecule has 3 heterocycles. The van der Waals surface area contributed by atoms with Crippen LogP contribution in [0.1, 0.15) is 50.7 Å². The normalized spacial score (nSPS) is 12.5. The summed E-state index contributed by atoms with van der Waals surface area (Å²) >= 11 is 0. The van der Waals surface area contributed by atoms with Crippen molar-refractivity contribution >= 4 is 65.4 Å². The van der Waals surface area contributed by atoms with Crippen molar-refractivity contribution in [3.8, 4) is 33.6 Å². The summed E-state index contributed by atoms with van der Waals surface area (Å²) in [6, 6.07) is 63.5. The molecule has 0 aliphatic rings. The third-order valence-electron chi connectivity index (χ3n) is 12.6. The molecule has 1 atom stereocenters. The molecule has 11 aromatic rings. The monoisotopic (exact) mass is 747 g/mol. The van der Waals surface area contributed by atoms with Crippen LogP contribution in [-0.4, -0.2) is 14.1 Å². The summed E-state index contributed by atoms with van der Waals surface area (Å²) in [5, 5.41) is 7.57. The van der Waals surface area contributed by atoms with Gasteiger partial charge in [0.15, 0.2) is 0 Å². The van der Waals surface area contributed by atoms with Crippen molar-refractivity contribution in [3.63, 3.8) is 0 Å². The Labute approximate surface area is 338 Å². The lowest BCUT2D eigenvalue weighted by Gasteiger charge is -2.13. The summed E-state index contributed by atoms with van der Waals surface area (Å²) in [6.45, 7) is 6.83. The maximum atomic E-state index is 3.71. The number of aryl methyl sites for hydroxylation is 1. The molecule has 1 N–H and O–H groups in total. The van der Waals surface area contributed by atoms with E-state index in [-0.39, 0.29) is 0 Å². The number of nitrogens with zero attached hydrogens (tertiary/aromatic N) is 2. The molecule has 1 unspecified atom stereocenters. The minimum Gasteiger partial charge on any atom is -0.355 e. The summed E-state index contributed by atoms with van der Waals surface area (Å²) < 4.78 is 4.86. The Morgan fingerprint density at radius 1 is 0.431 bits per heavy atom. The SMILES string of the molecule is CCCc1cccc(-n2c3ccccc3c3cc(-c4ccc5[nH]c6ccc(-c7ccc8c(c7)c7ccccc7n8-c7cccc(C(C)CC)c7)cc6c5c4)ccc32)c1. The summed E-state index contributed by atoms with van der Waals surface area (Å²) in [5.74, 6) is 0.519. The fraction of sp³-hybridized carbons (Fsp3) is 0.127. The molecule has 0 aliphatic heterocycles. The van der Waals surface area contributed by atoms with Crippen molar-refractivity contribution in [2.45, 2.75) is 46.0 Å². The molecule has 8 aromatic carbocycles. The Bertz CT molecular complexity index is 3370. The van der Waals surface area contributed by atoms with Crippen molar-refractivity contribution in [1.29, 1.82) is 0 Å². The van der Waals surface area contributed by atoms with E-state index in [0.29, 0.717) is 5.92 Å². The highest BCUT2D eigenvalue weighted by Crippen LogP contribution is 2.39. The second-order valence-corrected chi connectivity index (χ2v) is 16.1. The molecule has 0 aliphatic carbocycles. The second kappa shape index (κ2) is 13.7. The van der Waals surface area contributed by atoms with E-state index in [1.54, 1.807) is 0 Å². The number of aromatic nitrogens is 3. The van der Waals surface area contributed by atoms with Crippen LogP contribution in [0.4, 0.5) is 0 Å². The number of benzene rings is 8. The number of para-hydroxylation sites is 2. The van der Waals surface area contributed by atoms with Crippen LogP contribution in [0, 0.1) is 0 Å². The molecule has 3 heteroatoms. The number of hydrogen-bond acceptors (Lipinski definition) is 0. The topological polar surface area (TPSA) is 25.6 Å². The van der Waals surface area contributed by atoms with Crippen LogP contribution in [0.2, 0.25) is 0 Å². The van der Waals surface area contributed by atoms with Gasteiger partial charge in [0.2, 0.25) is 0 Å². The van der Waals surface area contributed by atoms with Crippen LogP contribution in [0.15, 0.2) is 170 Å². The Kier molecular flexibility index (Phi) is 8.11. The number of fused-ring (bicyclic) bond motifs is 9. The zero-order valence-electron chi connectivity index (χ0n) is 33.3. The zero-order chi connectivity index (χ0) is 38.9. The third kappa shape index (κ3) is 5.49. The highest BCUT2D eigenvalue weighted by molar-refractivity contribution is 6.13. The average molecular weight is 748 g/mol. The predicted octanol–water partition coefficient (Wildman–Crippen LogP) is 15.3. The van der Waals surface area contributed by atoms with E-state index < -0.39 is 0 Å². The van der Waals surface area contributed by atoms with Gasteiger partial charge in [0, 0.05) is 54.7 Å². The van der Waals surface area contributed by atoms with Gasteiger partial charge in [-0.05, 0) is 137 Å². The van der Waals surface area contributed by atoms with E-state index in [1.165, 1.54) is 99.1 Å². The van der Waals surface area contributed by atoms with Crippen LogP contribution in [0.3, 0.4) is 0 Å². The van der Waals surface area contributed by atoms with Gasteiger partial charge in [0.1, 0.15) is 0 Å². The van der Waals surface area contributed by atoms with Crippen molar-refractivity contribution < 1.29 is 0 Å². The van der Waals surface area contributed by atoms with E-state index in [1.807, 2.05) is 0 Å². The summed E-state index contributed by atoms with van der Waals surface area (Å²) in [5.41, 5.74) is 17.3. The summed E-state index contributed by atoms with van der Waals surface area (Å²) in [7, 11) is 0. The van der Waals surface area contributed by atoms with Gasteiger partial charge in [-0.3, -0.25) is 0 Å². The second-order valence-electron chi connectivity index (χ2n) is 16.1. The predicted molar refractivity (Wildman–Crippen MR) is 248 cm³/mol. The van der Waals surface area contributed by atoms with E-state index in [4.69, 9.17) is 0 Å². The molecule has 3 nitrogen and oxygen atoms in total. The van der Waals surface area contributed by atoms with Crippen LogP contribution in [0.25, 0.3) is 99.0 Å². The first-order valence-electron chi connectivity index (χ1n) is 20.9. The molecule has 0 saturated heterocycles. The molecular weight excluding hydrogens is 703 g/mol. The smallest absolute Gasteiger partial charge is 0.0541 e. The van der Waals surface area contributed by atoms with Gasteiger partial charge >= 0.3 is 0 Å². The molecule has 0 spiro atoms. The van der Waals surface area contributed by atoms with E-state index in [2.05, 4.69) is 205 Å². The lowest BCUT2D eigenvalue weighted by atomic mass is 9.98. The van der Waals surface area contributed by atoms with E-state index in [0.717, 1.165) is 30.3 Å². The van der Waals surface area contributed by atoms with Crippen molar-refractivity contribution in [2.75, 3.05) is 0 Å². The molecule has 0 saturated carbocycles. The maximum absolute atomic E-state index is 3.71. The molecule has 0 radical (unpaired) electrons. The Morgan fingerprint density at radius 3 is 1.47 bits per heavy atom. The quantitative estimate of drug-likeness (QED) is 0.160. The molecule has 0 fully saturated rings. The zero-order valence-corrected chi connectivity index (χ0v) is 33.3. The highest BCUT2D eigenvalue weighted by Gasteiger charge is 2.17. The molecule has 3 aromatic heterocycles. The van der Waals surface area contributed by atoms with Gasteiger partial charge in [-0.15, -0.1) is 0 Å². The first-order chi connectivity index (χ1) is 28.6. The number of H-pyrrole nitrogens is 1. The molecule has 280 valence electrons. The molecule has 0 bridgehead atoms. The number of aromatic amines is 1. The average Bonchev–Trinajstić information content (AvgIpc) is 3.93. The van der Waals surface area contributed by atoms with Crippen LogP contribution >= 0.6 is 0 Å². The van der Waals surface area contributed by atoms with Crippen molar-refractivity contribution in [1.82, 2.24) is 14.1 Å². The number of rotatable bonds is 8. The van der Waals surface area contributed by atoms with Gasteiger partial charge in [-0.2, -0.15) is 0 Å². The largest absolute Gasteiger partial charge is 0.355 e. The lowest BCUT2D eigenvalue weighted by Crippen LogP contribution is -1.97. The number of hydrogen-bond donors (Lipinski definition) is 1. The number of nitrogens with one attached hydrogen (secondary N) is 1. The van der Waals surface area contributed by atoms with Gasteiger partial charge in [0.05, 0.1) is 22.1 Å². The van der Waals surface area contributed by atoms with E-state index >= 15 is 0 Å². The third-order valence-corrected chi connectivity index (χ3v) is 12.6. The van der Waals surface area contributed by atoms with Gasteiger partial charge in [0.25, 0.3) is 0 Å². The first kappa shape index (κ1) is 34.4. The lowest BCUT2D eigenvalue weighted by molar-refractivity contribution is 0.733. The van der Waals surface area contributed by atoms with Crippen LogP contribution in [0.5, 0.6) is 0 Å². The van der Waals surface area contributed by atoms with Gasteiger partial charge in [-0.1, -0.05) is 112 Å². The fourth-order valence-corrected chi connectivity index (χ4v) is 9.46. The Hall–Kier alpha value is -6.84. The Morgan fingerprint density at radius 2 is 0.914 bits per heavy atom. The molecular formula is C55H45N3. The minimum atomic E-state index is 0.519. The maximum Gasteiger partial charge on any atom is 0.0541 e. The minimum absolute atomic E-state index is 0.519. The van der Waals surface area contributed by atoms with Gasteiger partial charge < -0.3 is 14.1 Å². The molecule has 0 amide bonds. The standard InChI is InChI=1S/C55H45N3/c1-4-12-36-13-10-15-42(29-36)57-52-19-8-6-17-44(52)48-33-40(23-27-54(48)57)38-21-25-50-46(31-38)47-32-39(22-26-51(47)56-50)41-24-28-55-49(34-41)45-18-7-9-20-53(45)58(55)43-16-11-14-37(30-43)35(3)5-2/h6-11,13-35,56H,4-5,12H2,1-3H3. The molecule has 11 rings (SSSR count). The summed E-state index contributed by atoms with van der Waals surface area (Å²) in [6.07, 6.45) is 3.35. The van der Waals surface area contributed by atoms with Gasteiger partial charge in [-0.25, -0.2) is 0 Å². The van der Waals surface area contributed by atoms with Crippen molar-refractivity contribution in [2.24, 2.45) is 0 Å². The first-order valence-corrected chi connectivity index (χ1v) is 20.9. The highest BCUT2D eigenvalue weighted by atomic mass is 15.0. The van der Waals surface area contributed by atoms with E-state index in [9.17, 15) is 0 Å².